The molecule has 0 aliphatic carbocycles. The molecule has 15 heavy (non-hydrogen) atoms. The van der Waals surface area contributed by atoms with Crippen molar-refractivity contribution in [2.75, 3.05) is 26.3 Å². The molecule has 0 aromatic rings. The highest BCUT2D eigenvalue weighted by Crippen LogP contribution is 2.31. The SMILES string of the molecule is CC1CN(C2(C)CCOCC2)CCC1N. The summed E-state index contributed by atoms with van der Waals surface area (Å²) < 4.78 is 5.45. The van der Waals surface area contributed by atoms with Crippen molar-refractivity contribution in [2.24, 2.45) is 11.7 Å². The highest BCUT2D eigenvalue weighted by Gasteiger charge is 2.37. The van der Waals surface area contributed by atoms with Crippen LogP contribution < -0.4 is 5.73 Å². The highest BCUT2D eigenvalue weighted by molar-refractivity contribution is 4.93. The summed E-state index contributed by atoms with van der Waals surface area (Å²) in [6.07, 6.45) is 3.50. The van der Waals surface area contributed by atoms with Crippen LogP contribution in [-0.4, -0.2) is 42.8 Å². The molecule has 3 nitrogen and oxygen atoms in total. The molecule has 2 unspecified atom stereocenters. The molecular weight excluding hydrogens is 188 g/mol. The minimum absolute atomic E-state index is 0.368. The Bertz CT molecular complexity index is 214. The van der Waals surface area contributed by atoms with E-state index in [4.69, 9.17) is 10.5 Å². The van der Waals surface area contributed by atoms with Gasteiger partial charge in [-0.2, -0.15) is 0 Å². The Hall–Kier alpha value is -0.120. The van der Waals surface area contributed by atoms with Crippen molar-refractivity contribution >= 4 is 0 Å². The molecule has 0 amide bonds. The number of rotatable bonds is 1. The summed E-state index contributed by atoms with van der Waals surface area (Å²) >= 11 is 0. The predicted molar refractivity (Wildman–Crippen MR) is 61.8 cm³/mol. The second-order valence-electron chi connectivity index (χ2n) is 5.49. The van der Waals surface area contributed by atoms with E-state index in [2.05, 4.69) is 18.7 Å². The maximum atomic E-state index is 6.06. The molecule has 2 fully saturated rings. The van der Waals surface area contributed by atoms with Crippen LogP contribution >= 0.6 is 0 Å². The van der Waals surface area contributed by atoms with Gasteiger partial charge in [-0.15, -0.1) is 0 Å². The number of hydrogen-bond acceptors (Lipinski definition) is 3. The van der Waals surface area contributed by atoms with Crippen LogP contribution in [0.15, 0.2) is 0 Å². The van der Waals surface area contributed by atoms with E-state index in [1.54, 1.807) is 0 Å². The van der Waals surface area contributed by atoms with Gasteiger partial charge < -0.3 is 10.5 Å². The second-order valence-corrected chi connectivity index (χ2v) is 5.49. The molecule has 2 saturated heterocycles. The quantitative estimate of drug-likeness (QED) is 0.710. The largest absolute Gasteiger partial charge is 0.381 e. The fourth-order valence-corrected chi connectivity index (χ4v) is 2.78. The molecule has 0 aromatic heterocycles. The van der Waals surface area contributed by atoms with Crippen LogP contribution in [0.1, 0.15) is 33.1 Å². The lowest BCUT2D eigenvalue weighted by Crippen LogP contribution is -2.57. The van der Waals surface area contributed by atoms with Crippen LogP contribution in [0.5, 0.6) is 0 Å². The first kappa shape index (κ1) is 11.4. The first-order chi connectivity index (χ1) is 7.12. The average Bonchev–Trinajstić information content (AvgIpc) is 2.23. The van der Waals surface area contributed by atoms with Crippen molar-refractivity contribution in [3.63, 3.8) is 0 Å². The van der Waals surface area contributed by atoms with Crippen molar-refractivity contribution in [3.8, 4) is 0 Å². The predicted octanol–water partition coefficient (Wildman–Crippen LogP) is 1.22. The summed E-state index contributed by atoms with van der Waals surface area (Å²) in [4.78, 5) is 2.64. The first-order valence-electron chi connectivity index (χ1n) is 6.20. The zero-order valence-electron chi connectivity index (χ0n) is 10.0. The number of nitrogens with two attached hydrogens (primary N) is 1. The Morgan fingerprint density at radius 2 is 2.00 bits per heavy atom. The number of piperidine rings is 1. The summed E-state index contributed by atoms with van der Waals surface area (Å²) in [5.74, 6) is 0.637. The molecule has 0 aromatic carbocycles. The number of hydrogen-bond donors (Lipinski definition) is 1. The van der Waals surface area contributed by atoms with E-state index in [9.17, 15) is 0 Å². The van der Waals surface area contributed by atoms with Gasteiger partial charge in [-0.25, -0.2) is 0 Å². The van der Waals surface area contributed by atoms with Crippen LogP contribution in [0.4, 0.5) is 0 Å². The summed E-state index contributed by atoms with van der Waals surface area (Å²) in [7, 11) is 0. The lowest BCUT2D eigenvalue weighted by atomic mass is 9.85. The second kappa shape index (κ2) is 4.40. The Morgan fingerprint density at radius 1 is 1.33 bits per heavy atom. The Labute approximate surface area is 93.0 Å². The normalized spacial score (nSPS) is 37.8. The molecule has 2 aliphatic rings. The topological polar surface area (TPSA) is 38.5 Å². The number of nitrogens with zero attached hydrogens (tertiary/aromatic N) is 1. The van der Waals surface area contributed by atoms with E-state index in [0.29, 0.717) is 17.5 Å². The third-order valence-corrected chi connectivity index (χ3v) is 4.31. The highest BCUT2D eigenvalue weighted by atomic mass is 16.5. The van der Waals surface area contributed by atoms with Crippen LogP contribution in [0.25, 0.3) is 0 Å². The molecule has 0 radical (unpaired) electrons. The van der Waals surface area contributed by atoms with Crippen molar-refractivity contribution in [2.45, 2.75) is 44.7 Å². The van der Waals surface area contributed by atoms with Gasteiger partial charge in [0.2, 0.25) is 0 Å². The van der Waals surface area contributed by atoms with Crippen molar-refractivity contribution in [3.05, 3.63) is 0 Å². The monoisotopic (exact) mass is 212 g/mol. The Balaban J connectivity index is 1.97. The third kappa shape index (κ3) is 2.35. The van der Waals surface area contributed by atoms with E-state index in [1.807, 2.05) is 0 Å². The molecule has 2 atom stereocenters. The van der Waals surface area contributed by atoms with Crippen LogP contribution in [-0.2, 0) is 4.74 Å². The van der Waals surface area contributed by atoms with E-state index in [-0.39, 0.29) is 0 Å². The molecule has 0 bridgehead atoms. The van der Waals surface area contributed by atoms with E-state index >= 15 is 0 Å². The van der Waals surface area contributed by atoms with Crippen LogP contribution in [0, 0.1) is 5.92 Å². The van der Waals surface area contributed by atoms with Gasteiger partial charge in [0, 0.05) is 37.9 Å². The third-order valence-electron chi connectivity index (χ3n) is 4.31. The summed E-state index contributed by atoms with van der Waals surface area (Å²) in [6.45, 7) is 8.85. The molecule has 2 aliphatic heterocycles. The fraction of sp³-hybridized carbons (Fsp3) is 1.00. The molecule has 3 heteroatoms. The van der Waals surface area contributed by atoms with Gasteiger partial charge in [0.15, 0.2) is 0 Å². The maximum Gasteiger partial charge on any atom is 0.0483 e. The maximum absolute atomic E-state index is 6.06. The van der Waals surface area contributed by atoms with Gasteiger partial charge in [-0.1, -0.05) is 6.92 Å². The minimum Gasteiger partial charge on any atom is -0.381 e. The summed E-state index contributed by atoms with van der Waals surface area (Å²) in [5.41, 5.74) is 6.43. The van der Waals surface area contributed by atoms with Gasteiger partial charge in [0.25, 0.3) is 0 Å². The molecule has 2 N–H and O–H groups in total. The van der Waals surface area contributed by atoms with Gasteiger partial charge in [-0.05, 0) is 32.1 Å². The van der Waals surface area contributed by atoms with Gasteiger partial charge in [-0.3, -0.25) is 4.90 Å². The zero-order valence-corrected chi connectivity index (χ0v) is 10.0. The molecule has 0 spiro atoms. The zero-order chi connectivity index (χ0) is 10.9. The summed E-state index contributed by atoms with van der Waals surface area (Å²) in [6, 6.07) is 0.407. The first-order valence-corrected chi connectivity index (χ1v) is 6.20. The smallest absolute Gasteiger partial charge is 0.0483 e. The van der Waals surface area contributed by atoms with Gasteiger partial charge in [0.1, 0.15) is 0 Å². The number of ether oxygens (including phenoxy) is 1. The standard InChI is InChI=1S/C12H24N2O/c1-10-9-14(6-3-11(10)13)12(2)4-7-15-8-5-12/h10-11H,3-9,13H2,1-2H3. The lowest BCUT2D eigenvalue weighted by Gasteiger charge is -2.48. The average molecular weight is 212 g/mol. The fourth-order valence-electron chi connectivity index (χ4n) is 2.78. The Morgan fingerprint density at radius 3 is 2.60 bits per heavy atom. The molecule has 0 saturated carbocycles. The summed E-state index contributed by atoms with van der Waals surface area (Å²) in [5, 5.41) is 0. The van der Waals surface area contributed by atoms with Crippen molar-refractivity contribution < 1.29 is 4.74 Å². The van der Waals surface area contributed by atoms with E-state index in [0.717, 1.165) is 26.2 Å². The Kier molecular flexibility index (Phi) is 3.33. The van der Waals surface area contributed by atoms with E-state index in [1.165, 1.54) is 19.4 Å². The van der Waals surface area contributed by atoms with Crippen LogP contribution in [0.3, 0.4) is 0 Å². The van der Waals surface area contributed by atoms with E-state index < -0.39 is 0 Å². The molecule has 88 valence electrons. The van der Waals surface area contributed by atoms with Gasteiger partial charge >= 0.3 is 0 Å². The van der Waals surface area contributed by atoms with Gasteiger partial charge in [0.05, 0.1) is 0 Å². The van der Waals surface area contributed by atoms with Crippen LogP contribution in [0.2, 0.25) is 0 Å². The number of likely N-dealkylation sites (tertiary alicyclic amines) is 1. The lowest BCUT2D eigenvalue weighted by molar-refractivity contribution is -0.0369. The minimum atomic E-state index is 0.368. The molecule has 2 rings (SSSR count). The van der Waals surface area contributed by atoms with Crippen molar-refractivity contribution in [1.29, 1.82) is 0 Å². The van der Waals surface area contributed by atoms with Crippen molar-refractivity contribution in [1.82, 2.24) is 4.90 Å². The molecular formula is C12H24N2O. The molecule has 2 heterocycles.